The van der Waals surface area contributed by atoms with Gasteiger partial charge in [0.2, 0.25) is 7.59 Å². The molecular weight excluding hydrogens is 422 g/mol. The summed E-state index contributed by atoms with van der Waals surface area (Å²) in [5, 5.41) is 0.440. The van der Waals surface area contributed by atoms with Gasteiger partial charge < -0.3 is 4.90 Å². The first-order chi connectivity index (χ1) is 9.60. The highest BCUT2D eigenvalue weighted by Gasteiger charge is 2.42. The van der Waals surface area contributed by atoms with E-state index in [0.717, 1.165) is 0 Å². The van der Waals surface area contributed by atoms with Crippen molar-refractivity contribution in [2.24, 2.45) is 9.98 Å². The Morgan fingerprint density at radius 2 is 1.62 bits per heavy atom. The number of hydrogen-bond donors (Lipinski definition) is 0. The molecule has 1 atom stereocenters. The van der Waals surface area contributed by atoms with Crippen molar-refractivity contribution < 1.29 is 0 Å². The fourth-order valence-corrected chi connectivity index (χ4v) is 2.61. The van der Waals surface area contributed by atoms with E-state index in [9.17, 15) is 0 Å². The van der Waals surface area contributed by atoms with Crippen molar-refractivity contribution in [2.75, 3.05) is 4.90 Å². The molecule has 1 aliphatic rings. The predicted molar refractivity (Wildman–Crippen MR) is 94.2 cm³/mol. The molecule has 0 bridgehead atoms. The van der Waals surface area contributed by atoms with Crippen LogP contribution in [0.25, 0.3) is 0 Å². The number of amidine groups is 1. The maximum atomic E-state index is 6.14. The van der Waals surface area contributed by atoms with Crippen LogP contribution in [0.1, 0.15) is 0 Å². The number of nitrogens with zero attached hydrogens (tertiary/aromatic N) is 3. The van der Waals surface area contributed by atoms with Crippen molar-refractivity contribution in [2.45, 2.75) is 13.8 Å². The molecule has 2 rings (SSSR count). The maximum absolute atomic E-state index is 6.14. The van der Waals surface area contributed by atoms with Crippen LogP contribution in [0.15, 0.2) is 34.3 Å². The topological polar surface area (TPSA) is 28.0 Å². The molecule has 0 aromatic heterocycles. The Morgan fingerprint density at radius 1 is 1.00 bits per heavy atom. The highest BCUT2D eigenvalue weighted by molar-refractivity contribution is 6.77. The standard InChI is InChI=1S/C11H6Cl7N3/c12-6-3-1-2-4-7(6)21-5-19-8(10(13,14)15)20-9(21)11(16,17)18/h1-5,9H. The van der Waals surface area contributed by atoms with Crippen LogP contribution in [0.4, 0.5) is 5.69 Å². The lowest BCUT2D eigenvalue weighted by Gasteiger charge is -2.35. The predicted octanol–water partition coefficient (Wildman–Crippen LogP) is 5.65. The summed E-state index contributed by atoms with van der Waals surface area (Å²) in [5.74, 6) is -0.0767. The number of benzene rings is 1. The quantitative estimate of drug-likeness (QED) is 0.531. The zero-order valence-electron chi connectivity index (χ0n) is 9.95. The van der Waals surface area contributed by atoms with Gasteiger partial charge in [-0.15, -0.1) is 0 Å². The van der Waals surface area contributed by atoms with E-state index in [-0.39, 0.29) is 5.84 Å². The first kappa shape index (κ1) is 17.7. The number of rotatable bonds is 1. The Balaban J connectivity index is 2.47. The van der Waals surface area contributed by atoms with Crippen molar-refractivity contribution in [3.8, 4) is 0 Å². The minimum atomic E-state index is -1.82. The fourth-order valence-electron chi connectivity index (χ4n) is 1.62. The summed E-state index contributed by atoms with van der Waals surface area (Å²) in [7, 11) is 0. The zero-order chi connectivity index (χ0) is 15.8. The first-order valence-electron chi connectivity index (χ1n) is 5.39. The van der Waals surface area contributed by atoms with Gasteiger partial charge in [-0.3, -0.25) is 0 Å². The lowest BCUT2D eigenvalue weighted by molar-refractivity contribution is 0.708. The lowest BCUT2D eigenvalue weighted by atomic mass is 10.2. The summed E-state index contributed by atoms with van der Waals surface area (Å²) >= 11 is 41.4. The molecule has 1 aromatic carbocycles. The van der Waals surface area contributed by atoms with Gasteiger partial charge >= 0.3 is 0 Å². The third-order valence-corrected chi connectivity index (χ3v) is 3.90. The van der Waals surface area contributed by atoms with Crippen molar-refractivity contribution >= 4 is 99.1 Å². The Morgan fingerprint density at radius 3 is 2.14 bits per heavy atom. The molecule has 3 nitrogen and oxygen atoms in total. The second kappa shape index (κ2) is 6.48. The summed E-state index contributed by atoms with van der Waals surface area (Å²) < 4.78 is -3.61. The fraction of sp³-hybridized carbons (Fsp3) is 0.273. The second-order valence-electron chi connectivity index (χ2n) is 3.97. The molecule has 1 aliphatic heterocycles. The smallest absolute Gasteiger partial charge is 0.249 e. The van der Waals surface area contributed by atoms with Gasteiger partial charge in [0.1, 0.15) is 0 Å². The van der Waals surface area contributed by atoms with Crippen molar-refractivity contribution in [1.82, 2.24) is 0 Å². The Hall–Kier alpha value is 0.390. The van der Waals surface area contributed by atoms with Crippen molar-refractivity contribution in [3.63, 3.8) is 0 Å². The Kier molecular flexibility index (Phi) is 5.48. The van der Waals surface area contributed by atoms with E-state index < -0.39 is 13.8 Å². The van der Waals surface area contributed by atoms with E-state index in [4.69, 9.17) is 81.2 Å². The monoisotopic (exact) mass is 425 g/mol. The van der Waals surface area contributed by atoms with Crippen molar-refractivity contribution in [1.29, 1.82) is 0 Å². The molecule has 0 radical (unpaired) electrons. The second-order valence-corrected chi connectivity index (χ2v) is 9.03. The Labute approximate surface area is 156 Å². The van der Waals surface area contributed by atoms with Crippen LogP contribution < -0.4 is 4.90 Å². The van der Waals surface area contributed by atoms with Gasteiger partial charge in [-0.05, 0) is 12.1 Å². The van der Waals surface area contributed by atoms with Crippen LogP contribution in [0.2, 0.25) is 5.02 Å². The van der Waals surface area contributed by atoms with Gasteiger partial charge in [0.05, 0.1) is 17.0 Å². The van der Waals surface area contributed by atoms with Gasteiger partial charge in [-0.1, -0.05) is 93.3 Å². The molecule has 1 unspecified atom stereocenters. The molecule has 114 valence electrons. The molecule has 10 heteroatoms. The normalized spacial score (nSPS) is 19.7. The maximum Gasteiger partial charge on any atom is 0.249 e. The summed E-state index contributed by atoms with van der Waals surface area (Å²) in [6.07, 6.45) is 0.378. The van der Waals surface area contributed by atoms with Crippen molar-refractivity contribution in [3.05, 3.63) is 29.3 Å². The van der Waals surface area contributed by atoms with E-state index >= 15 is 0 Å². The molecule has 1 heterocycles. The van der Waals surface area contributed by atoms with E-state index in [0.29, 0.717) is 10.7 Å². The Bertz CT molecular complexity index is 588. The van der Waals surface area contributed by atoms with E-state index in [1.807, 2.05) is 0 Å². The van der Waals surface area contributed by atoms with E-state index in [1.165, 1.54) is 11.2 Å². The summed E-state index contributed by atoms with van der Waals surface area (Å²) in [6, 6.07) is 6.97. The lowest BCUT2D eigenvalue weighted by Crippen LogP contribution is -2.46. The molecule has 0 spiro atoms. The van der Waals surface area contributed by atoms with Crippen LogP contribution in [-0.4, -0.2) is 25.9 Å². The molecule has 0 fully saturated rings. The number of alkyl halides is 6. The van der Waals surface area contributed by atoms with Gasteiger partial charge in [0.25, 0.3) is 0 Å². The third-order valence-electron chi connectivity index (χ3n) is 2.49. The number of hydrogen-bond acceptors (Lipinski definition) is 3. The average molecular weight is 428 g/mol. The average Bonchev–Trinajstić information content (AvgIpc) is 2.36. The van der Waals surface area contributed by atoms with Crippen LogP contribution >= 0.6 is 81.2 Å². The van der Waals surface area contributed by atoms with Crippen LogP contribution in [0, 0.1) is 0 Å². The largest absolute Gasteiger partial charge is 0.304 e. The minimum absolute atomic E-state index is 0.0767. The highest BCUT2D eigenvalue weighted by Crippen LogP contribution is 2.40. The molecule has 21 heavy (non-hydrogen) atoms. The van der Waals surface area contributed by atoms with Gasteiger partial charge in [0, 0.05) is 0 Å². The van der Waals surface area contributed by atoms with Crippen LogP contribution in [0.3, 0.4) is 0 Å². The zero-order valence-corrected chi connectivity index (χ0v) is 15.2. The number of anilines is 1. The SMILES string of the molecule is Clc1ccccc1N1C=NC(C(Cl)(Cl)Cl)=NC1C(Cl)(Cl)Cl. The first-order valence-corrected chi connectivity index (χ1v) is 8.04. The number of para-hydroxylation sites is 1. The number of halogens is 7. The minimum Gasteiger partial charge on any atom is -0.304 e. The van der Waals surface area contributed by atoms with E-state index in [1.54, 1.807) is 24.3 Å². The van der Waals surface area contributed by atoms with Gasteiger partial charge in [0.15, 0.2) is 12.0 Å². The van der Waals surface area contributed by atoms with Gasteiger partial charge in [-0.2, -0.15) is 0 Å². The molecule has 0 N–H and O–H groups in total. The molecule has 0 aliphatic carbocycles. The van der Waals surface area contributed by atoms with Crippen LogP contribution in [-0.2, 0) is 0 Å². The summed E-state index contributed by atoms with van der Waals surface area (Å²) in [6.45, 7) is 0. The van der Waals surface area contributed by atoms with Crippen LogP contribution in [0.5, 0.6) is 0 Å². The highest BCUT2D eigenvalue weighted by atomic mass is 35.6. The molecular formula is C11H6Cl7N3. The third kappa shape index (κ3) is 4.23. The van der Waals surface area contributed by atoms with E-state index in [2.05, 4.69) is 9.98 Å². The molecule has 0 saturated heterocycles. The number of aliphatic imine (C=N–C) groups is 2. The summed E-state index contributed by atoms with van der Waals surface area (Å²) in [5.41, 5.74) is 0.561. The molecule has 1 aromatic rings. The van der Waals surface area contributed by atoms with Gasteiger partial charge in [-0.25, -0.2) is 9.98 Å². The molecule has 0 saturated carbocycles. The summed E-state index contributed by atoms with van der Waals surface area (Å²) in [4.78, 5) is 9.60. The molecule has 0 amide bonds.